The number of hydrogen-bond acceptors (Lipinski definition) is 8. The lowest BCUT2D eigenvalue weighted by Crippen LogP contribution is -2.32. The minimum atomic E-state index is -1.16. The third-order valence-electron chi connectivity index (χ3n) is 3.43. The average molecular weight is 281 g/mol. The molecule has 0 aliphatic carbocycles. The van der Waals surface area contributed by atoms with E-state index in [1.54, 1.807) is 7.05 Å². The predicted molar refractivity (Wildman–Crippen MR) is 67.9 cm³/mol. The molecule has 2 aromatic heterocycles. The zero-order chi connectivity index (χ0) is 14.3. The first-order valence-corrected chi connectivity index (χ1v) is 6.16. The van der Waals surface area contributed by atoms with Gasteiger partial charge in [-0.05, 0) is 0 Å². The van der Waals surface area contributed by atoms with Crippen molar-refractivity contribution in [2.24, 2.45) is 0 Å². The van der Waals surface area contributed by atoms with Crippen LogP contribution in [0.15, 0.2) is 6.33 Å². The molecule has 4 atom stereocenters. The number of ether oxygens (including phenoxy) is 1. The Kier molecular flexibility index (Phi) is 3.26. The number of H-pyrrole nitrogens is 1. The first-order chi connectivity index (χ1) is 9.67. The predicted octanol–water partition coefficient (Wildman–Crippen LogP) is -1.45. The third kappa shape index (κ3) is 1.83. The first-order valence-electron chi connectivity index (χ1n) is 6.16. The van der Waals surface area contributed by atoms with E-state index in [4.69, 9.17) is 9.84 Å². The quantitative estimate of drug-likeness (QED) is 0.461. The number of anilines is 1. The molecule has 0 amide bonds. The fourth-order valence-corrected chi connectivity index (χ4v) is 2.37. The molecule has 3 heterocycles. The molecule has 0 unspecified atom stereocenters. The van der Waals surface area contributed by atoms with Crippen molar-refractivity contribution in [1.29, 1.82) is 0 Å². The summed E-state index contributed by atoms with van der Waals surface area (Å²) in [5, 5.41) is 38.7. The number of fused-ring (bicyclic) bond motifs is 1. The van der Waals surface area contributed by atoms with Crippen molar-refractivity contribution in [2.45, 2.75) is 24.4 Å². The lowest BCUT2D eigenvalue weighted by Gasteiger charge is -2.12. The maximum atomic E-state index is 10.0. The molecular formula is C11H15N5O4. The molecule has 20 heavy (non-hydrogen) atoms. The van der Waals surface area contributed by atoms with Crippen molar-refractivity contribution in [1.82, 2.24) is 20.2 Å². The van der Waals surface area contributed by atoms with Gasteiger partial charge in [0.05, 0.1) is 12.3 Å². The monoisotopic (exact) mass is 281 g/mol. The Hall–Kier alpha value is -1.81. The fourth-order valence-electron chi connectivity index (χ4n) is 2.37. The van der Waals surface area contributed by atoms with Crippen LogP contribution in [0, 0.1) is 0 Å². The number of nitrogens with zero attached hydrogens (tertiary/aromatic N) is 3. The van der Waals surface area contributed by atoms with Crippen LogP contribution in [0.3, 0.4) is 0 Å². The number of aromatic amines is 1. The highest BCUT2D eigenvalue weighted by atomic mass is 16.6. The van der Waals surface area contributed by atoms with E-state index in [1.807, 2.05) is 0 Å². The maximum Gasteiger partial charge on any atom is 0.157 e. The lowest BCUT2D eigenvalue weighted by atomic mass is 10.1. The Bertz CT molecular complexity index is 618. The largest absolute Gasteiger partial charge is 0.394 e. The zero-order valence-corrected chi connectivity index (χ0v) is 10.7. The van der Waals surface area contributed by atoms with Crippen LogP contribution in [0.1, 0.15) is 11.8 Å². The Labute approximate surface area is 113 Å². The molecule has 1 fully saturated rings. The zero-order valence-electron chi connectivity index (χ0n) is 10.7. The standard InChI is InChI=1S/C11H15N5O4/c1-12-11-7-5(13-3-14-11)6(15-16-7)10-9(19)8(18)4(2-17)20-10/h3-4,8-10,17-19H,2H2,1H3,(H,15,16)(H,12,13,14)/t4-,8-,9+,10-/m0/s1. The number of aliphatic hydroxyl groups is 3. The molecule has 0 spiro atoms. The van der Waals surface area contributed by atoms with Crippen molar-refractivity contribution < 1.29 is 20.1 Å². The van der Waals surface area contributed by atoms with Crippen LogP contribution in [-0.4, -0.2) is 67.5 Å². The second-order valence-corrected chi connectivity index (χ2v) is 4.57. The normalized spacial score (nSPS) is 30.0. The SMILES string of the molecule is CNc1ncnc2c([C@@H]3O[C@@H](CO)[C@H](O)[C@H]3O)[nH]nc12. The van der Waals surface area contributed by atoms with Crippen LogP contribution < -0.4 is 5.32 Å². The molecule has 1 aliphatic rings. The van der Waals surface area contributed by atoms with Crippen molar-refractivity contribution in [2.75, 3.05) is 19.0 Å². The number of rotatable bonds is 3. The molecule has 1 saturated heterocycles. The van der Waals surface area contributed by atoms with Crippen molar-refractivity contribution >= 4 is 16.9 Å². The topological polar surface area (TPSA) is 136 Å². The van der Waals surface area contributed by atoms with Gasteiger partial charge in [-0.25, -0.2) is 9.97 Å². The van der Waals surface area contributed by atoms with Crippen LogP contribution in [0.25, 0.3) is 11.0 Å². The van der Waals surface area contributed by atoms with Crippen LogP contribution >= 0.6 is 0 Å². The Morgan fingerprint density at radius 3 is 2.75 bits per heavy atom. The van der Waals surface area contributed by atoms with E-state index >= 15 is 0 Å². The van der Waals surface area contributed by atoms with Gasteiger partial charge in [0.25, 0.3) is 0 Å². The Morgan fingerprint density at radius 2 is 2.10 bits per heavy atom. The minimum absolute atomic E-state index is 0.377. The lowest BCUT2D eigenvalue weighted by molar-refractivity contribution is -0.0236. The summed E-state index contributed by atoms with van der Waals surface area (Å²) in [6, 6.07) is 0. The van der Waals surface area contributed by atoms with Gasteiger partial charge in [0, 0.05) is 7.05 Å². The van der Waals surface area contributed by atoms with Gasteiger partial charge in [-0.15, -0.1) is 0 Å². The summed E-state index contributed by atoms with van der Waals surface area (Å²) in [6.07, 6.45) is -2.61. The van der Waals surface area contributed by atoms with E-state index in [1.165, 1.54) is 6.33 Å². The molecule has 2 aromatic rings. The van der Waals surface area contributed by atoms with Crippen LogP contribution in [0.5, 0.6) is 0 Å². The number of aromatic nitrogens is 4. The number of nitrogens with one attached hydrogen (secondary N) is 2. The van der Waals surface area contributed by atoms with Crippen LogP contribution in [-0.2, 0) is 4.74 Å². The summed E-state index contributed by atoms with van der Waals surface area (Å²) in [7, 11) is 1.71. The van der Waals surface area contributed by atoms with Gasteiger partial charge in [0.15, 0.2) is 11.3 Å². The van der Waals surface area contributed by atoms with E-state index in [0.717, 1.165) is 0 Å². The molecule has 5 N–H and O–H groups in total. The Morgan fingerprint density at radius 1 is 1.30 bits per heavy atom. The summed E-state index contributed by atoms with van der Waals surface area (Å²) in [5.74, 6) is 0.546. The summed E-state index contributed by atoms with van der Waals surface area (Å²) in [6.45, 7) is -0.377. The highest BCUT2D eigenvalue weighted by molar-refractivity contribution is 5.86. The third-order valence-corrected chi connectivity index (χ3v) is 3.43. The van der Waals surface area contributed by atoms with Gasteiger partial charge in [0.2, 0.25) is 0 Å². The van der Waals surface area contributed by atoms with Gasteiger partial charge < -0.3 is 25.4 Å². The number of aliphatic hydroxyl groups excluding tert-OH is 3. The smallest absolute Gasteiger partial charge is 0.157 e. The summed E-state index contributed by atoms with van der Waals surface area (Å²) < 4.78 is 5.46. The molecule has 0 bridgehead atoms. The molecule has 0 aromatic carbocycles. The molecular weight excluding hydrogens is 266 g/mol. The second kappa shape index (κ2) is 4.94. The van der Waals surface area contributed by atoms with E-state index < -0.39 is 24.4 Å². The molecule has 0 radical (unpaired) electrons. The highest BCUT2D eigenvalue weighted by Gasteiger charge is 2.44. The van der Waals surface area contributed by atoms with Crippen LogP contribution in [0.4, 0.5) is 5.82 Å². The van der Waals surface area contributed by atoms with Gasteiger partial charge >= 0.3 is 0 Å². The fraction of sp³-hybridized carbons (Fsp3) is 0.545. The molecule has 9 nitrogen and oxygen atoms in total. The van der Waals surface area contributed by atoms with Gasteiger partial charge in [-0.1, -0.05) is 0 Å². The number of hydrogen-bond donors (Lipinski definition) is 5. The maximum absolute atomic E-state index is 10.0. The van der Waals surface area contributed by atoms with Gasteiger partial charge in [-0.2, -0.15) is 5.10 Å². The van der Waals surface area contributed by atoms with Crippen molar-refractivity contribution in [3.05, 3.63) is 12.0 Å². The van der Waals surface area contributed by atoms with Gasteiger partial charge in [0.1, 0.15) is 36.3 Å². The molecule has 108 valence electrons. The highest BCUT2D eigenvalue weighted by Crippen LogP contribution is 2.35. The van der Waals surface area contributed by atoms with E-state index in [2.05, 4.69) is 25.5 Å². The van der Waals surface area contributed by atoms with E-state index in [0.29, 0.717) is 22.5 Å². The van der Waals surface area contributed by atoms with Crippen molar-refractivity contribution in [3.63, 3.8) is 0 Å². The second-order valence-electron chi connectivity index (χ2n) is 4.57. The summed E-state index contributed by atoms with van der Waals surface area (Å²) in [4.78, 5) is 8.16. The molecule has 0 saturated carbocycles. The van der Waals surface area contributed by atoms with E-state index in [-0.39, 0.29) is 6.61 Å². The molecule has 3 rings (SSSR count). The summed E-state index contributed by atoms with van der Waals surface area (Å²) >= 11 is 0. The van der Waals surface area contributed by atoms with Crippen molar-refractivity contribution in [3.8, 4) is 0 Å². The van der Waals surface area contributed by atoms with E-state index in [9.17, 15) is 10.2 Å². The Balaban J connectivity index is 2.03. The molecule has 9 heteroatoms. The minimum Gasteiger partial charge on any atom is -0.394 e. The summed E-state index contributed by atoms with van der Waals surface area (Å²) in [5.41, 5.74) is 1.46. The van der Waals surface area contributed by atoms with Gasteiger partial charge in [-0.3, -0.25) is 5.10 Å². The van der Waals surface area contributed by atoms with Crippen LogP contribution in [0.2, 0.25) is 0 Å². The first kappa shape index (κ1) is 13.2. The molecule has 1 aliphatic heterocycles. The average Bonchev–Trinajstić information content (AvgIpc) is 3.01.